The fourth-order valence-corrected chi connectivity index (χ4v) is 2.92. The maximum Gasteiger partial charge on any atom is 0.274 e. The van der Waals surface area contributed by atoms with E-state index in [0.29, 0.717) is 27.9 Å². The average molecular weight is 399 g/mol. The highest BCUT2D eigenvalue weighted by molar-refractivity contribution is 6.31. The lowest BCUT2D eigenvalue weighted by Crippen LogP contribution is -2.20. The van der Waals surface area contributed by atoms with Gasteiger partial charge in [-0.25, -0.2) is 9.37 Å². The summed E-state index contributed by atoms with van der Waals surface area (Å²) in [6, 6.07) is 11.9. The molecule has 2 aromatic carbocycles. The highest BCUT2D eigenvalue weighted by Gasteiger charge is 2.27. The van der Waals surface area contributed by atoms with Crippen LogP contribution >= 0.6 is 11.6 Å². The number of nitrogens with one attached hydrogen (secondary N) is 3. The minimum Gasteiger partial charge on any atom is -0.354 e. The third kappa shape index (κ3) is 4.20. The molecule has 6 nitrogen and oxygen atoms in total. The van der Waals surface area contributed by atoms with E-state index in [4.69, 9.17) is 11.6 Å². The Balaban J connectivity index is 1.60. The van der Waals surface area contributed by atoms with Crippen LogP contribution in [0.2, 0.25) is 5.02 Å². The molecule has 0 spiro atoms. The van der Waals surface area contributed by atoms with Crippen molar-refractivity contribution in [1.82, 2.24) is 9.97 Å². The van der Waals surface area contributed by atoms with Gasteiger partial charge in [0.1, 0.15) is 17.3 Å². The maximum atomic E-state index is 13.1. The zero-order valence-corrected chi connectivity index (χ0v) is 15.4. The lowest BCUT2D eigenvalue weighted by atomic mass is 10.2. The van der Waals surface area contributed by atoms with Crippen molar-refractivity contribution < 1.29 is 9.18 Å². The molecule has 1 aliphatic carbocycles. The van der Waals surface area contributed by atoms with Crippen molar-refractivity contribution in [3.63, 3.8) is 0 Å². The fraction of sp³-hybridized carbons (Fsp3) is 0.150. The Labute approximate surface area is 164 Å². The summed E-state index contributed by atoms with van der Waals surface area (Å²) in [5, 5.41) is 6.31. The van der Waals surface area contributed by atoms with Crippen molar-refractivity contribution in [1.29, 1.82) is 0 Å². The molecule has 1 saturated carbocycles. The Hall–Kier alpha value is -3.19. The second-order valence-corrected chi connectivity index (χ2v) is 7.00. The van der Waals surface area contributed by atoms with E-state index in [1.54, 1.807) is 30.3 Å². The van der Waals surface area contributed by atoms with E-state index in [1.165, 1.54) is 18.2 Å². The van der Waals surface area contributed by atoms with E-state index in [1.807, 2.05) is 0 Å². The number of anilines is 3. The molecule has 8 heteroatoms. The Morgan fingerprint density at radius 2 is 1.86 bits per heavy atom. The van der Waals surface area contributed by atoms with Gasteiger partial charge in [0.15, 0.2) is 0 Å². The summed E-state index contributed by atoms with van der Waals surface area (Å²) in [7, 11) is 0. The van der Waals surface area contributed by atoms with Gasteiger partial charge in [-0.15, -0.1) is 0 Å². The molecule has 3 aromatic rings. The second-order valence-electron chi connectivity index (χ2n) is 6.57. The normalized spacial score (nSPS) is 13.2. The van der Waals surface area contributed by atoms with Crippen LogP contribution in [0.25, 0.3) is 0 Å². The van der Waals surface area contributed by atoms with Gasteiger partial charge >= 0.3 is 0 Å². The van der Waals surface area contributed by atoms with Gasteiger partial charge in [-0.2, -0.15) is 0 Å². The fourth-order valence-electron chi connectivity index (χ4n) is 2.75. The predicted molar refractivity (Wildman–Crippen MR) is 106 cm³/mol. The molecule has 1 amide bonds. The van der Waals surface area contributed by atoms with Crippen molar-refractivity contribution in [2.75, 3.05) is 10.6 Å². The first kappa shape index (κ1) is 18.2. The Morgan fingerprint density at radius 1 is 1.11 bits per heavy atom. The molecule has 1 heterocycles. The number of rotatable bonds is 5. The summed E-state index contributed by atoms with van der Waals surface area (Å²) in [6.07, 6.45) is 1.91. The molecule has 1 aliphatic rings. The molecular weight excluding hydrogens is 383 g/mol. The molecule has 0 atom stereocenters. The van der Waals surface area contributed by atoms with Crippen LogP contribution in [0.15, 0.2) is 53.3 Å². The first-order valence-corrected chi connectivity index (χ1v) is 9.10. The zero-order valence-electron chi connectivity index (χ0n) is 14.6. The summed E-state index contributed by atoms with van der Waals surface area (Å²) >= 11 is 6.07. The molecule has 0 bridgehead atoms. The molecule has 0 radical (unpaired) electrons. The summed E-state index contributed by atoms with van der Waals surface area (Å²) in [5.74, 6) is -0.0976. The number of carbonyl (C=O) groups is 1. The molecule has 4 rings (SSSR count). The standard InChI is InChI=1S/C20H16ClFN4O2/c21-12-3-8-15(16(9-12)23-14-6-4-13(22)5-7-14)25-20(28)17-10-18(27)26-19(24-17)11-1-2-11/h3-11,23H,1-2H2,(H,25,28)(H,24,26,27). The van der Waals surface area contributed by atoms with Crippen molar-refractivity contribution in [2.45, 2.75) is 18.8 Å². The van der Waals surface area contributed by atoms with Crippen LogP contribution in [0.1, 0.15) is 35.1 Å². The van der Waals surface area contributed by atoms with Crippen LogP contribution in [0.3, 0.4) is 0 Å². The minimum absolute atomic E-state index is 0.0494. The summed E-state index contributed by atoms with van der Waals surface area (Å²) in [4.78, 5) is 31.5. The summed E-state index contributed by atoms with van der Waals surface area (Å²) in [6.45, 7) is 0. The summed E-state index contributed by atoms with van der Waals surface area (Å²) < 4.78 is 13.1. The monoisotopic (exact) mass is 398 g/mol. The topological polar surface area (TPSA) is 86.9 Å². The SMILES string of the molecule is O=C(Nc1ccc(Cl)cc1Nc1ccc(F)cc1)c1cc(=O)[nH]c(C2CC2)n1. The van der Waals surface area contributed by atoms with Crippen LogP contribution in [0.5, 0.6) is 0 Å². The number of aromatic amines is 1. The first-order valence-electron chi connectivity index (χ1n) is 8.73. The number of hydrogen-bond acceptors (Lipinski definition) is 4. The van der Waals surface area contributed by atoms with Gasteiger partial charge in [0, 0.05) is 22.7 Å². The lowest BCUT2D eigenvalue weighted by Gasteiger charge is -2.14. The molecule has 0 saturated heterocycles. The zero-order chi connectivity index (χ0) is 19.7. The highest BCUT2D eigenvalue weighted by Crippen LogP contribution is 2.37. The van der Waals surface area contributed by atoms with Crippen molar-refractivity contribution in [2.24, 2.45) is 0 Å². The molecule has 1 fully saturated rings. The van der Waals surface area contributed by atoms with E-state index < -0.39 is 5.91 Å². The number of halogens is 2. The summed E-state index contributed by atoms with van der Waals surface area (Å²) in [5.41, 5.74) is 1.30. The molecule has 3 N–H and O–H groups in total. The highest BCUT2D eigenvalue weighted by atomic mass is 35.5. The van der Waals surface area contributed by atoms with Crippen LogP contribution < -0.4 is 16.2 Å². The van der Waals surface area contributed by atoms with E-state index in [9.17, 15) is 14.0 Å². The van der Waals surface area contributed by atoms with Crippen molar-refractivity contribution in [3.05, 3.63) is 81.2 Å². The van der Waals surface area contributed by atoms with Gasteiger partial charge in [0.05, 0.1) is 11.4 Å². The number of aromatic nitrogens is 2. The van der Waals surface area contributed by atoms with E-state index in [2.05, 4.69) is 20.6 Å². The second kappa shape index (κ2) is 7.44. The van der Waals surface area contributed by atoms with Crippen LogP contribution in [0, 0.1) is 5.82 Å². The van der Waals surface area contributed by atoms with Gasteiger partial charge < -0.3 is 15.6 Å². The predicted octanol–water partition coefficient (Wildman–Crippen LogP) is 4.44. The Kier molecular flexibility index (Phi) is 4.83. The van der Waals surface area contributed by atoms with E-state index >= 15 is 0 Å². The quantitative estimate of drug-likeness (QED) is 0.593. The van der Waals surface area contributed by atoms with Gasteiger partial charge in [0.2, 0.25) is 0 Å². The third-order valence-corrected chi connectivity index (χ3v) is 4.54. The molecule has 0 aliphatic heterocycles. The number of amides is 1. The number of H-pyrrole nitrogens is 1. The van der Waals surface area contributed by atoms with Gasteiger partial charge in [-0.05, 0) is 55.3 Å². The van der Waals surface area contributed by atoms with E-state index in [-0.39, 0.29) is 23.0 Å². The Morgan fingerprint density at radius 3 is 2.57 bits per heavy atom. The number of hydrogen-bond donors (Lipinski definition) is 3. The average Bonchev–Trinajstić information content (AvgIpc) is 3.50. The largest absolute Gasteiger partial charge is 0.354 e. The minimum atomic E-state index is -0.502. The lowest BCUT2D eigenvalue weighted by molar-refractivity contribution is 0.102. The van der Waals surface area contributed by atoms with E-state index in [0.717, 1.165) is 12.8 Å². The third-order valence-electron chi connectivity index (χ3n) is 4.31. The molecule has 1 aromatic heterocycles. The molecular formula is C20H16ClFN4O2. The van der Waals surface area contributed by atoms with Gasteiger partial charge in [-0.1, -0.05) is 11.6 Å². The maximum absolute atomic E-state index is 13.1. The van der Waals surface area contributed by atoms with Crippen LogP contribution in [-0.2, 0) is 0 Å². The number of benzene rings is 2. The Bertz CT molecular complexity index is 1090. The van der Waals surface area contributed by atoms with Gasteiger partial charge in [-0.3, -0.25) is 9.59 Å². The molecule has 0 unspecified atom stereocenters. The van der Waals surface area contributed by atoms with Gasteiger partial charge in [0.25, 0.3) is 11.5 Å². The van der Waals surface area contributed by atoms with Crippen LogP contribution in [-0.4, -0.2) is 15.9 Å². The number of nitrogens with zero attached hydrogens (tertiary/aromatic N) is 1. The smallest absolute Gasteiger partial charge is 0.274 e. The van der Waals surface area contributed by atoms with Crippen LogP contribution in [0.4, 0.5) is 21.5 Å². The molecule has 142 valence electrons. The first-order chi connectivity index (χ1) is 13.5. The van der Waals surface area contributed by atoms with Crippen molar-refractivity contribution >= 4 is 34.6 Å². The molecule has 28 heavy (non-hydrogen) atoms. The number of carbonyl (C=O) groups excluding carboxylic acids is 1. The van der Waals surface area contributed by atoms with Crippen molar-refractivity contribution in [3.8, 4) is 0 Å².